The Morgan fingerprint density at radius 2 is 2.18 bits per heavy atom. The van der Waals surface area contributed by atoms with Crippen molar-refractivity contribution in [1.82, 2.24) is 24.3 Å². The number of anilines is 2. The summed E-state index contributed by atoms with van der Waals surface area (Å²) in [4.78, 5) is 43.2. The van der Waals surface area contributed by atoms with E-state index in [9.17, 15) is 24.7 Å². The molecule has 44 heavy (non-hydrogen) atoms. The van der Waals surface area contributed by atoms with Gasteiger partial charge in [0.15, 0.2) is 35.2 Å². The predicted molar refractivity (Wildman–Crippen MR) is 156 cm³/mol. The van der Waals surface area contributed by atoms with Crippen molar-refractivity contribution in [2.45, 2.75) is 24.5 Å². The fourth-order valence-electron chi connectivity index (χ4n) is 5.02. The number of carbonyl (C=O) groups is 3. The summed E-state index contributed by atoms with van der Waals surface area (Å²) in [7, 11) is 0. The maximum Gasteiger partial charge on any atom is 0.276 e. The molecule has 20 heteroatoms. The minimum Gasteiger partial charge on any atom is -0.543 e. The molecule has 0 unspecified atom stereocenters. The van der Waals surface area contributed by atoms with E-state index in [1.54, 1.807) is 23.1 Å². The molecule has 2 amide bonds. The number of aliphatic carboxylic acids is 1. The maximum absolute atomic E-state index is 13.1. The fraction of sp³-hybridized carbons (Fsp3) is 0.208. The number of furan rings is 1. The Bertz CT molecular complexity index is 1910. The fourth-order valence-corrected chi connectivity index (χ4v) is 7.28. The Morgan fingerprint density at radius 1 is 1.39 bits per heavy atom. The number of nitrogens with zero attached hydrogens (tertiary/aromatic N) is 6. The smallest absolute Gasteiger partial charge is 0.276 e. The van der Waals surface area contributed by atoms with Crippen LogP contribution in [-0.4, -0.2) is 70.8 Å². The largest absolute Gasteiger partial charge is 0.543 e. The lowest BCUT2D eigenvalue weighted by Crippen LogP contribution is -2.71. The Kier molecular flexibility index (Phi) is 7.43. The molecule has 1 fully saturated rings. The second kappa shape index (κ2) is 11.2. The third-order valence-electron chi connectivity index (χ3n) is 6.87. The molecular formula is C24H22ClN11O6S2. The van der Waals surface area contributed by atoms with E-state index in [1.165, 1.54) is 18.0 Å². The summed E-state index contributed by atoms with van der Waals surface area (Å²) in [5.74, 6) is -2.48. The number of nitrogen functional groups attached to an aromatic ring is 1. The van der Waals surface area contributed by atoms with Crippen molar-refractivity contribution >= 4 is 80.6 Å². The number of carbonyl (C=O) groups excluding carboxylic acids is 3. The number of nitrogens with one attached hydrogen (secondary N) is 3. The van der Waals surface area contributed by atoms with Gasteiger partial charge in [0.05, 0.1) is 36.2 Å². The van der Waals surface area contributed by atoms with Crippen LogP contribution in [0.3, 0.4) is 0 Å². The Labute approximate surface area is 259 Å². The Hall–Kier alpha value is -5.01. The number of nitrogens with two attached hydrogens (primary N) is 2. The number of imidazole rings is 1. The second-order valence-electron chi connectivity index (χ2n) is 9.61. The van der Waals surface area contributed by atoms with Crippen molar-refractivity contribution in [1.29, 1.82) is 5.41 Å². The first kappa shape index (κ1) is 29.1. The van der Waals surface area contributed by atoms with Gasteiger partial charge in [0.2, 0.25) is 0 Å². The molecule has 2 atom stereocenters. The number of fused-ring (bicyclic) bond motifs is 2. The van der Waals surface area contributed by atoms with E-state index in [0.717, 1.165) is 21.9 Å². The number of thiazole rings is 1. The maximum atomic E-state index is 13.1. The average Bonchev–Trinajstić information content (AvgIpc) is 3.75. The van der Waals surface area contributed by atoms with E-state index < -0.39 is 34.9 Å². The lowest BCUT2D eigenvalue weighted by Gasteiger charge is -2.50. The number of amides is 2. The topological polar surface area (TPSA) is 249 Å². The average molecular weight is 660 g/mol. The molecule has 17 nitrogen and oxygen atoms in total. The zero-order valence-electron chi connectivity index (χ0n) is 22.3. The van der Waals surface area contributed by atoms with Crippen molar-refractivity contribution in [3.8, 4) is 0 Å². The first-order chi connectivity index (χ1) is 21.0. The van der Waals surface area contributed by atoms with Crippen LogP contribution >= 0.6 is 34.7 Å². The highest BCUT2D eigenvalue weighted by atomic mass is 35.5. The van der Waals surface area contributed by atoms with Gasteiger partial charge < -0.3 is 46.2 Å². The van der Waals surface area contributed by atoms with E-state index in [1.807, 2.05) is 21.3 Å². The molecule has 0 aliphatic carbocycles. The number of carboxylic acids is 1. The molecule has 0 aromatic carbocycles. The Morgan fingerprint density at radius 3 is 2.86 bits per heavy atom. The highest BCUT2D eigenvalue weighted by Crippen LogP contribution is 2.40. The van der Waals surface area contributed by atoms with Crippen LogP contribution in [0.25, 0.3) is 5.65 Å². The first-order valence-electron chi connectivity index (χ1n) is 12.6. The first-order valence-corrected chi connectivity index (χ1v) is 14.9. The van der Waals surface area contributed by atoms with Crippen LogP contribution in [-0.2, 0) is 27.5 Å². The number of β-lactam (4-membered cyclic amide) rings is 1. The molecule has 6 rings (SSSR count). The zero-order chi connectivity index (χ0) is 31.3. The number of halogens is 1. The molecule has 6 heterocycles. The Balaban J connectivity index is 1.18. The second-order valence-corrected chi connectivity index (χ2v) is 12.3. The number of thioether (sulfide) groups is 1. The third kappa shape index (κ3) is 5.09. The molecule has 0 radical (unpaired) electrons. The SMILES string of the molecule is N=C(N)Nc1coc(Cn2ccn3c2cc[n+]3CC2=C(C(=O)[O-])N3C(=O)[C@@H](NC(=O)/C(=N\O)c4nc(N)sc4Cl)[C@H]3SC2)c1. The van der Waals surface area contributed by atoms with Gasteiger partial charge in [-0.05, 0) is 0 Å². The molecule has 0 spiro atoms. The molecule has 228 valence electrons. The quantitative estimate of drug-likeness (QED) is 0.0316. The van der Waals surface area contributed by atoms with Crippen LogP contribution in [0.5, 0.6) is 0 Å². The number of oxime groups is 1. The molecular weight excluding hydrogens is 638 g/mol. The summed E-state index contributed by atoms with van der Waals surface area (Å²) in [5.41, 5.74) is 11.8. The van der Waals surface area contributed by atoms with E-state index in [-0.39, 0.29) is 39.1 Å². The van der Waals surface area contributed by atoms with Crippen LogP contribution < -0.4 is 31.9 Å². The van der Waals surface area contributed by atoms with E-state index in [4.69, 9.17) is 32.9 Å². The number of aromatic nitrogens is 4. The molecule has 4 aromatic heterocycles. The minimum atomic E-state index is -1.52. The minimum absolute atomic E-state index is 0.0234. The molecule has 8 N–H and O–H groups in total. The highest BCUT2D eigenvalue weighted by Gasteiger charge is 2.53. The van der Waals surface area contributed by atoms with Crippen molar-refractivity contribution < 1.29 is 33.8 Å². The molecule has 4 aromatic rings. The highest BCUT2D eigenvalue weighted by molar-refractivity contribution is 8.00. The van der Waals surface area contributed by atoms with Gasteiger partial charge in [-0.3, -0.25) is 19.9 Å². The van der Waals surface area contributed by atoms with Crippen LogP contribution in [0.2, 0.25) is 4.34 Å². The van der Waals surface area contributed by atoms with Gasteiger partial charge in [-0.25, -0.2) is 4.98 Å². The molecule has 2 aliphatic heterocycles. The lowest BCUT2D eigenvalue weighted by atomic mass is 10.0. The van der Waals surface area contributed by atoms with Crippen LogP contribution in [0.4, 0.5) is 10.8 Å². The number of rotatable bonds is 9. The monoisotopic (exact) mass is 659 g/mol. The number of guanidine groups is 1. The zero-order valence-corrected chi connectivity index (χ0v) is 24.6. The van der Waals surface area contributed by atoms with Crippen molar-refractivity contribution in [2.75, 3.05) is 16.8 Å². The van der Waals surface area contributed by atoms with Gasteiger partial charge in [0.1, 0.15) is 33.5 Å². The van der Waals surface area contributed by atoms with E-state index in [0.29, 0.717) is 23.6 Å². The lowest BCUT2D eigenvalue weighted by molar-refractivity contribution is -0.753. The summed E-state index contributed by atoms with van der Waals surface area (Å²) in [6.45, 7) is 0.519. The summed E-state index contributed by atoms with van der Waals surface area (Å²) >= 11 is 8.18. The van der Waals surface area contributed by atoms with Gasteiger partial charge in [0.25, 0.3) is 11.8 Å². The van der Waals surface area contributed by atoms with Crippen molar-refractivity contribution in [3.05, 3.63) is 64.0 Å². The van der Waals surface area contributed by atoms with Crippen molar-refractivity contribution in [2.24, 2.45) is 10.9 Å². The third-order valence-corrected chi connectivity index (χ3v) is 9.29. The number of carboxylic acid groups (broad SMARTS) is 1. The normalized spacial score (nSPS) is 18.3. The van der Waals surface area contributed by atoms with Crippen LogP contribution in [0, 0.1) is 5.41 Å². The van der Waals surface area contributed by atoms with Crippen LogP contribution in [0.15, 0.2) is 57.8 Å². The summed E-state index contributed by atoms with van der Waals surface area (Å²) in [5, 5.41) is 36.4. The van der Waals surface area contributed by atoms with Gasteiger partial charge in [-0.1, -0.05) is 28.1 Å². The van der Waals surface area contributed by atoms with E-state index in [2.05, 4.69) is 20.8 Å². The van der Waals surface area contributed by atoms with Gasteiger partial charge in [0, 0.05) is 23.6 Å². The predicted octanol–water partition coefficient (Wildman–Crippen LogP) is -1.05. The number of hydrogen-bond donors (Lipinski definition) is 6. The van der Waals surface area contributed by atoms with Gasteiger partial charge in [-0.2, -0.15) is 0 Å². The molecule has 0 bridgehead atoms. The molecule has 2 aliphatic rings. The van der Waals surface area contributed by atoms with Gasteiger partial charge >= 0.3 is 0 Å². The summed E-state index contributed by atoms with van der Waals surface area (Å²) in [6.07, 6.45) is 6.86. The molecule has 1 saturated heterocycles. The summed E-state index contributed by atoms with van der Waals surface area (Å²) < 4.78 is 11.1. The van der Waals surface area contributed by atoms with Crippen molar-refractivity contribution in [3.63, 3.8) is 0 Å². The molecule has 0 saturated carbocycles. The van der Waals surface area contributed by atoms with E-state index >= 15 is 0 Å². The van der Waals surface area contributed by atoms with Crippen LogP contribution in [0.1, 0.15) is 11.5 Å². The summed E-state index contributed by atoms with van der Waals surface area (Å²) in [6, 6.07) is 2.48. The van der Waals surface area contributed by atoms with Gasteiger partial charge in [-0.15, -0.1) is 21.0 Å². The number of hydrogen-bond acceptors (Lipinski definition) is 12. The standard InChI is InChI=1S/C24H22ClN11O6S2/c25-18-14(31-24(28)44-18)15(32-41)19(37)30-16-20(38)36-17(22(39)40)10(9-43-21(16)36)6-34-2-1-13-33(3-4-35(13)34)7-12-5-11(8-42-12)29-23(26)27/h1-5,8,16,21H,6-7,9H2,(H8-,26,27,28,29,30,31,37,39,40,41)/t16-,21-/m1/s1.